The van der Waals surface area contributed by atoms with Gasteiger partial charge in [0.2, 0.25) is 5.91 Å². The van der Waals surface area contributed by atoms with Crippen LogP contribution in [0, 0.1) is 5.92 Å². The zero-order valence-corrected chi connectivity index (χ0v) is 11.4. The maximum absolute atomic E-state index is 11.9. The lowest BCUT2D eigenvalue weighted by Gasteiger charge is -2.10. The standard InChI is InChI=1S/C16H22N2O/c19-16(9-13-6-7-17-10-13)18-11-12-4-5-14-2-1-3-15(14)8-12/h4-5,8,13,17H,1-3,6-7,9-11H2,(H,18,19). The van der Waals surface area contributed by atoms with Crippen LogP contribution < -0.4 is 10.6 Å². The highest BCUT2D eigenvalue weighted by atomic mass is 16.1. The highest BCUT2D eigenvalue weighted by Gasteiger charge is 2.18. The van der Waals surface area contributed by atoms with Gasteiger partial charge in [0.15, 0.2) is 0 Å². The first-order chi connectivity index (χ1) is 9.31. The molecule has 1 heterocycles. The van der Waals surface area contributed by atoms with Crippen LogP contribution in [0.5, 0.6) is 0 Å². The Kier molecular flexibility index (Phi) is 3.83. The normalized spacial score (nSPS) is 21.4. The molecule has 1 saturated heterocycles. The molecule has 3 heteroatoms. The molecular weight excluding hydrogens is 236 g/mol. The Morgan fingerprint density at radius 3 is 3.05 bits per heavy atom. The molecule has 0 aromatic heterocycles. The summed E-state index contributed by atoms with van der Waals surface area (Å²) in [6.07, 6.45) is 5.49. The maximum atomic E-state index is 11.9. The van der Waals surface area contributed by atoms with E-state index in [-0.39, 0.29) is 5.91 Å². The summed E-state index contributed by atoms with van der Waals surface area (Å²) in [6, 6.07) is 6.64. The Labute approximate surface area is 114 Å². The van der Waals surface area contributed by atoms with Gasteiger partial charge >= 0.3 is 0 Å². The second-order valence-corrected chi connectivity index (χ2v) is 5.80. The molecule has 3 nitrogen and oxygen atoms in total. The van der Waals surface area contributed by atoms with Crippen LogP contribution in [0.1, 0.15) is 36.0 Å². The molecule has 1 aromatic rings. The average Bonchev–Trinajstić information content (AvgIpc) is 3.06. The SMILES string of the molecule is O=C(CC1CCNC1)NCc1ccc2c(c1)CCC2. The Hall–Kier alpha value is -1.35. The van der Waals surface area contributed by atoms with Crippen LogP contribution in [0.4, 0.5) is 0 Å². The van der Waals surface area contributed by atoms with Gasteiger partial charge in [-0.05, 0) is 61.4 Å². The van der Waals surface area contributed by atoms with Crippen LogP contribution >= 0.6 is 0 Å². The number of nitrogens with one attached hydrogen (secondary N) is 2. The lowest BCUT2D eigenvalue weighted by Crippen LogP contribution is -2.25. The highest BCUT2D eigenvalue weighted by molar-refractivity contribution is 5.76. The fourth-order valence-corrected chi connectivity index (χ4v) is 3.16. The molecular formula is C16H22N2O. The van der Waals surface area contributed by atoms with E-state index < -0.39 is 0 Å². The van der Waals surface area contributed by atoms with Gasteiger partial charge in [-0.2, -0.15) is 0 Å². The minimum atomic E-state index is 0.189. The lowest BCUT2D eigenvalue weighted by atomic mass is 10.0. The van der Waals surface area contributed by atoms with Crippen molar-refractivity contribution in [1.29, 1.82) is 0 Å². The van der Waals surface area contributed by atoms with Crippen molar-refractivity contribution >= 4 is 5.91 Å². The Bertz CT molecular complexity index is 464. The van der Waals surface area contributed by atoms with Gasteiger partial charge in [0.05, 0.1) is 0 Å². The van der Waals surface area contributed by atoms with Crippen molar-refractivity contribution in [2.75, 3.05) is 13.1 Å². The summed E-state index contributed by atoms with van der Waals surface area (Å²) in [5.74, 6) is 0.717. The summed E-state index contributed by atoms with van der Waals surface area (Å²) < 4.78 is 0. The monoisotopic (exact) mass is 258 g/mol. The van der Waals surface area contributed by atoms with Crippen molar-refractivity contribution in [3.8, 4) is 0 Å². The van der Waals surface area contributed by atoms with Crippen LogP contribution in [0.2, 0.25) is 0 Å². The van der Waals surface area contributed by atoms with Crippen LogP contribution in [0.25, 0.3) is 0 Å². The van der Waals surface area contributed by atoms with E-state index in [1.807, 2.05) is 0 Å². The molecule has 19 heavy (non-hydrogen) atoms. The first-order valence-corrected chi connectivity index (χ1v) is 7.39. The van der Waals surface area contributed by atoms with E-state index in [2.05, 4.69) is 28.8 Å². The van der Waals surface area contributed by atoms with Crippen molar-refractivity contribution in [1.82, 2.24) is 10.6 Å². The number of amides is 1. The predicted octanol–water partition coefficient (Wildman–Crippen LogP) is 1.79. The van der Waals surface area contributed by atoms with Crippen LogP contribution in [-0.4, -0.2) is 19.0 Å². The molecule has 2 aliphatic rings. The molecule has 1 aliphatic heterocycles. The summed E-state index contributed by atoms with van der Waals surface area (Å²) in [7, 11) is 0. The fraction of sp³-hybridized carbons (Fsp3) is 0.562. The van der Waals surface area contributed by atoms with Crippen molar-refractivity contribution in [3.63, 3.8) is 0 Å². The zero-order chi connectivity index (χ0) is 13.1. The highest BCUT2D eigenvalue weighted by Crippen LogP contribution is 2.22. The number of carbonyl (C=O) groups excluding carboxylic acids is 1. The van der Waals surface area contributed by atoms with Crippen molar-refractivity contribution in [2.24, 2.45) is 5.92 Å². The molecule has 3 rings (SSSR count). The second kappa shape index (κ2) is 5.74. The number of aryl methyl sites for hydroxylation is 2. The van der Waals surface area contributed by atoms with Crippen LogP contribution in [-0.2, 0) is 24.2 Å². The molecule has 102 valence electrons. The first kappa shape index (κ1) is 12.7. The Morgan fingerprint density at radius 2 is 2.21 bits per heavy atom. The summed E-state index contributed by atoms with van der Waals surface area (Å²) in [5, 5.41) is 6.35. The molecule has 1 fully saturated rings. The Morgan fingerprint density at radius 1 is 1.32 bits per heavy atom. The van der Waals surface area contributed by atoms with Gasteiger partial charge in [0.1, 0.15) is 0 Å². The summed E-state index contributed by atoms with van der Waals surface area (Å²) in [4.78, 5) is 11.9. The Balaban J connectivity index is 1.50. The molecule has 1 atom stereocenters. The van der Waals surface area contributed by atoms with Crippen LogP contribution in [0.3, 0.4) is 0 Å². The van der Waals surface area contributed by atoms with Gasteiger partial charge in [0.25, 0.3) is 0 Å². The molecule has 1 unspecified atom stereocenters. The van der Waals surface area contributed by atoms with Gasteiger partial charge < -0.3 is 10.6 Å². The lowest BCUT2D eigenvalue weighted by molar-refractivity contribution is -0.122. The van der Waals surface area contributed by atoms with E-state index in [4.69, 9.17) is 0 Å². The first-order valence-electron chi connectivity index (χ1n) is 7.39. The molecule has 1 aliphatic carbocycles. The third-order valence-corrected chi connectivity index (χ3v) is 4.29. The molecule has 2 N–H and O–H groups in total. The predicted molar refractivity (Wildman–Crippen MR) is 75.9 cm³/mol. The van der Waals surface area contributed by atoms with E-state index in [1.165, 1.54) is 36.0 Å². The number of hydrogen-bond donors (Lipinski definition) is 2. The van der Waals surface area contributed by atoms with Gasteiger partial charge in [-0.25, -0.2) is 0 Å². The summed E-state index contributed by atoms with van der Waals surface area (Å²) in [6.45, 7) is 2.72. The minimum Gasteiger partial charge on any atom is -0.352 e. The molecule has 0 bridgehead atoms. The molecule has 1 aromatic carbocycles. The second-order valence-electron chi connectivity index (χ2n) is 5.80. The number of hydrogen-bond acceptors (Lipinski definition) is 2. The van der Waals surface area contributed by atoms with Gasteiger partial charge in [-0.3, -0.25) is 4.79 Å². The van der Waals surface area contributed by atoms with E-state index >= 15 is 0 Å². The number of carbonyl (C=O) groups is 1. The van der Waals surface area contributed by atoms with E-state index in [1.54, 1.807) is 0 Å². The number of fused-ring (bicyclic) bond motifs is 1. The molecule has 1 amide bonds. The number of benzene rings is 1. The molecule has 0 radical (unpaired) electrons. The van der Waals surface area contributed by atoms with E-state index in [9.17, 15) is 4.79 Å². The summed E-state index contributed by atoms with van der Waals surface area (Å²) in [5.41, 5.74) is 4.21. The average molecular weight is 258 g/mol. The van der Waals surface area contributed by atoms with E-state index in [0.29, 0.717) is 18.9 Å². The number of rotatable bonds is 4. The third kappa shape index (κ3) is 3.16. The van der Waals surface area contributed by atoms with Crippen molar-refractivity contribution < 1.29 is 4.79 Å². The largest absolute Gasteiger partial charge is 0.352 e. The summed E-state index contributed by atoms with van der Waals surface area (Å²) >= 11 is 0. The topological polar surface area (TPSA) is 41.1 Å². The van der Waals surface area contributed by atoms with Gasteiger partial charge in [0, 0.05) is 13.0 Å². The third-order valence-electron chi connectivity index (χ3n) is 4.29. The smallest absolute Gasteiger partial charge is 0.220 e. The fourth-order valence-electron chi connectivity index (χ4n) is 3.16. The van der Waals surface area contributed by atoms with Crippen LogP contribution in [0.15, 0.2) is 18.2 Å². The maximum Gasteiger partial charge on any atom is 0.220 e. The zero-order valence-electron chi connectivity index (χ0n) is 11.4. The van der Waals surface area contributed by atoms with Gasteiger partial charge in [-0.15, -0.1) is 0 Å². The minimum absolute atomic E-state index is 0.189. The molecule has 0 saturated carbocycles. The van der Waals surface area contributed by atoms with Crippen molar-refractivity contribution in [3.05, 3.63) is 34.9 Å². The quantitative estimate of drug-likeness (QED) is 0.864. The van der Waals surface area contributed by atoms with Gasteiger partial charge in [-0.1, -0.05) is 18.2 Å². The van der Waals surface area contributed by atoms with Crippen molar-refractivity contribution in [2.45, 2.75) is 38.6 Å². The molecule has 0 spiro atoms. The van der Waals surface area contributed by atoms with E-state index in [0.717, 1.165) is 19.5 Å².